The normalized spacial score (nSPS) is 16.9. The lowest BCUT2D eigenvalue weighted by Gasteiger charge is -2.29. The topological polar surface area (TPSA) is 94.2 Å². The lowest BCUT2D eigenvalue weighted by Crippen LogP contribution is -2.56. The molecule has 0 unspecified atom stereocenters. The number of ether oxygens (including phenoxy) is 2. The zero-order valence-electron chi connectivity index (χ0n) is 12.9. The Morgan fingerprint density at radius 3 is 2.76 bits per heavy atom. The van der Waals surface area contributed by atoms with Crippen LogP contribution in [0.2, 0.25) is 5.02 Å². The van der Waals surface area contributed by atoms with Crippen molar-refractivity contribution in [3.63, 3.8) is 0 Å². The van der Waals surface area contributed by atoms with E-state index in [9.17, 15) is 23.2 Å². The third-order valence-electron chi connectivity index (χ3n) is 3.40. The first kappa shape index (κ1) is 18.8. The number of halogens is 4. The summed E-state index contributed by atoms with van der Waals surface area (Å²) in [5.74, 6) is -1.37. The first-order valence-corrected chi connectivity index (χ1v) is 7.15. The highest BCUT2D eigenvalue weighted by molar-refractivity contribution is 6.32. The minimum atomic E-state index is -4.86. The number of nitrogens with one attached hydrogen (secondary N) is 1. The molecular weight excluding hydrogens is 369 g/mol. The molecule has 0 spiro atoms. The molecule has 136 valence electrons. The fourth-order valence-electron chi connectivity index (χ4n) is 2.26. The van der Waals surface area contributed by atoms with Crippen LogP contribution in [0.15, 0.2) is 16.9 Å². The van der Waals surface area contributed by atoms with Crippen LogP contribution in [0.3, 0.4) is 0 Å². The average Bonchev–Trinajstić information content (AvgIpc) is 2.55. The van der Waals surface area contributed by atoms with Gasteiger partial charge in [-0.1, -0.05) is 16.9 Å². The lowest BCUT2D eigenvalue weighted by molar-refractivity contribution is -0.498. The molecule has 0 fully saturated rings. The number of rotatable bonds is 4. The van der Waals surface area contributed by atoms with Crippen LogP contribution < -0.4 is 10.0 Å². The summed E-state index contributed by atoms with van der Waals surface area (Å²) in [7, 11) is 0. The van der Waals surface area contributed by atoms with Crippen molar-refractivity contribution in [2.45, 2.75) is 26.1 Å². The van der Waals surface area contributed by atoms with Crippen molar-refractivity contribution in [1.82, 2.24) is 0 Å². The highest BCUT2D eigenvalue weighted by Gasteiger charge is 2.49. The third-order valence-corrected chi connectivity index (χ3v) is 3.98. The summed E-state index contributed by atoms with van der Waals surface area (Å²) in [6, 6.07) is 1.37. The molecule has 1 heterocycles. The van der Waals surface area contributed by atoms with Gasteiger partial charge in [0.05, 0.1) is 5.57 Å². The summed E-state index contributed by atoms with van der Waals surface area (Å²) in [6.07, 6.45) is -6.35. The molecule has 11 heteroatoms. The smallest absolute Gasteiger partial charge is 0.430 e. The Hall–Kier alpha value is -2.49. The molecule has 7 nitrogen and oxygen atoms in total. The molecule has 0 aliphatic carbocycles. The lowest BCUT2D eigenvalue weighted by atomic mass is 9.96. The van der Waals surface area contributed by atoms with Crippen molar-refractivity contribution in [2.24, 2.45) is 5.28 Å². The van der Waals surface area contributed by atoms with E-state index in [2.05, 4.69) is 14.9 Å². The average molecular weight is 381 g/mol. The molecule has 0 amide bonds. The number of benzene rings is 1. The van der Waals surface area contributed by atoms with Gasteiger partial charge in [-0.25, -0.2) is 4.79 Å². The zero-order valence-corrected chi connectivity index (χ0v) is 13.7. The Morgan fingerprint density at radius 1 is 1.48 bits per heavy atom. The van der Waals surface area contributed by atoms with E-state index in [-0.39, 0.29) is 11.3 Å². The number of fused-ring (bicyclic) bond motifs is 1. The molecule has 0 radical (unpaired) electrons. The van der Waals surface area contributed by atoms with E-state index in [1.807, 2.05) is 0 Å². The fourth-order valence-corrected chi connectivity index (χ4v) is 2.42. The number of alkyl halides is 3. The minimum absolute atomic E-state index is 0.0416. The second kappa shape index (κ2) is 7.18. The van der Waals surface area contributed by atoms with Crippen LogP contribution in [-0.4, -0.2) is 25.0 Å². The Morgan fingerprint density at radius 2 is 2.16 bits per heavy atom. The van der Waals surface area contributed by atoms with Crippen molar-refractivity contribution in [3.05, 3.63) is 38.6 Å². The Kier molecular flexibility index (Phi) is 5.41. The highest BCUT2D eigenvalue weighted by Crippen LogP contribution is 2.41. The molecule has 0 bridgehead atoms. The van der Waals surface area contributed by atoms with Gasteiger partial charge in [0.15, 0.2) is 0 Å². The number of carbonyl (C=O) groups is 1. The number of hydrogen-bond donors (Lipinski definition) is 1. The predicted molar refractivity (Wildman–Crippen MR) is 78.2 cm³/mol. The van der Waals surface area contributed by atoms with Gasteiger partial charge in [0.2, 0.25) is 11.4 Å². The SMILES string of the molecule is Cc1cc2c(c(C)c1Cl)C=C(C(=O)OCO/N=[NH+]\[O-])[C@@H](C(F)(F)F)O2. The molecule has 1 aliphatic heterocycles. The fraction of sp³-hybridized carbons (Fsp3) is 0.357. The van der Waals surface area contributed by atoms with Crippen molar-refractivity contribution < 1.29 is 37.6 Å². The Labute approximate surface area is 144 Å². The summed E-state index contributed by atoms with van der Waals surface area (Å²) in [5.41, 5.74) is 0.472. The van der Waals surface area contributed by atoms with Gasteiger partial charge >= 0.3 is 12.1 Å². The molecule has 0 saturated carbocycles. The molecule has 1 aromatic carbocycles. The summed E-state index contributed by atoms with van der Waals surface area (Å²) in [5, 5.41) is 13.8. The van der Waals surface area contributed by atoms with E-state index in [1.165, 1.54) is 6.07 Å². The maximum absolute atomic E-state index is 13.3. The first-order chi connectivity index (χ1) is 11.7. The standard InChI is InChI=1S/C14H12ClF3N2O5/c1-6-3-10-8(7(2)11(6)15)4-9(12(25-10)14(16,17)18)13(21)23-5-24-20-19-22/h3-4,12,19H,5H2,1-2H3/t12-/m0/s1. The van der Waals surface area contributed by atoms with E-state index < -0.39 is 30.6 Å². The predicted octanol–water partition coefficient (Wildman–Crippen LogP) is 2.13. The number of esters is 1. The van der Waals surface area contributed by atoms with Crippen LogP contribution in [0.5, 0.6) is 5.75 Å². The molecule has 1 atom stereocenters. The Bertz CT molecular complexity index is 749. The molecule has 1 aliphatic rings. The van der Waals surface area contributed by atoms with Crippen LogP contribution in [0.25, 0.3) is 6.08 Å². The molecule has 0 aromatic heterocycles. The second-order valence-electron chi connectivity index (χ2n) is 5.04. The number of aryl methyl sites for hydroxylation is 1. The molecule has 0 saturated heterocycles. The number of hydrogen-bond acceptors (Lipinski definition) is 6. The van der Waals surface area contributed by atoms with Crippen LogP contribution in [0.1, 0.15) is 16.7 Å². The molecule has 1 N–H and O–H groups in total. The van der Waals surface area contributed by atoms with E-state index in [0.29, 0.717) is 16.1 Å². The maximum Gasteiger partial charge on any atom is 0.430 e. The van der Waals surface area contributed by atoms with Gasteiger partial charge in [-0.15, -0.1) is 0 Å². The van der Waals surface area contributed by atoms with Gasteiger partial charge in [-0.05, 0) is 37.1 Å². The summed E-state index contributed by atoms with van der Waals surface area (Å²) in [4.78, 5) is 16.1. The van der Waals surface area contributed by atoms with Crippen molar-refractivity contribution in [1.29, 1.82) is 0 Å². The van der Waals surface area contributed by atoms with Crippen LogP contribution >= 0.6 is 11.6 Å². The van der Waals surface area contributed by atoms with Crippen molar-refractivity contribution in [3.8, 4) is 5.75 Å². The van der Waals surface area contributed by atoms with Crippen molar-refractivity contribution >= 4 is 23.6 Å². The van der Waals surface area contributed by atoms with Gasteiger partial charge in [0.25, 0.3) is 6.79 Å². The largest absolute Gasteiger partial charge is 0.599 e. The molecule has 2 rings (SSSR count). The third kappa shape index (κ3) is 3.95. The van der Waals surface area contributed by atoms with E-state index in [1.54, 1.807) is 13.8 Å². The minimum Gasteiger partial charge on any atom is -0.599 e. The molecule has 1 aromatic rings. The number of nitrogens with zero attached hydrogens (tertiary/aromatic N) is 1. The quantitative estimate of drug-likeness (QED) is 0.284. The maximum atomic E-state index is 13.3. The van der Waals surface area contributed by atoms with E-state index in [4.69, 9.17) is 16.3 Å². The van der Waals surface area contributed by atoms with Crippen LogP contribution in [0.4, 0.5) is 13.2 Å². The zero-order chi connectivity index (χ0) is 18.8. The van der Waals surface area contributed by atoms with Gasteiger partial charge in [0, 0.05) is 10.6 Å². The van der Waals surface area contributed by atoms with Gasteiger partial charge < -0.3 is 19.5 Å². The number of carbonyl (C=O) groups excluding carboxylic acids is 1. The van der Waals surface area contributed by atoms with Crippen LogP contribution in [-0.2, 0) is 14.4 Å². The second-order valence-corrected chi connectivity index (χ2v) is 5.42. The summed E-state index contributed by atoms with van der Waals surface area (Å²) < 4.78 is 49.3. The van der Waals surface area contributed by atoms with Gasteiger partial charge in [0.1, 0.15) is 5.75 Å². The summed E-state index contributed by atoms with van der Waals surface area (Å²) >= 11 is 6.09. The molecular formula is C14H12ClF3N2O5. The highest BCUT2D eigenvalue weighted by atomic mass is 35.5. The first-order valence-electron chi connectivity index (χ1n) is 6.77. The van der Waals surface area contributed by atoms with E-state index >= 15 is 0 Å². The van der Waals surface area contributed by atoms with Gasteiger partial charge in [-0.2, -0.15) is 13.2 Å². The Balaban J connectivity index is 2.42. The summed E-state index contributed by atoms with van der Waals surface area (Å²) in [6.45, 7) is 2.36. The monoisotopic (exact) mass is 380 g/mol. The van der Waals surface area contributed by atoms with E-state index in [0.717, 1.165) is 11.4 Å². The molecule has 25 heavy (non-hydrogen) atoms. The van der Waals surface area contributed by atoms with Crippen LogP contribution in [0, 0.1) is 19.1 Å². The van der Waals surface area contributed by atoms with Crippen molar-refractivity contribution in [2.75, 3.05) is 6.79 Å². The van der Waals surface area contributed by atoms with Gasteiger partial charge in [-0.3, -0.25) is 0 Å².